The molecule has 1 heterocycles. The molecule has 0 aromatic heterocycles. The molecule has 142 valence electrons. The first kappa shape index (κ1) is 19.6. The number of carboxylic acid groups (broad SMARTS) is 1. The lowest BCUT2D eigenvalue weighted by Crippen LogP contribution is -2.40. The molecule has 1 aliphatic rings. The van der Waals surface area contributed by atoms with Crippen LogP contribution in [0.2, 0.25) is 0 Å². The van der Waals surface area contributed by atoms with Crippen molar-refractivity contribution >= 4 is 17.8 Å². The van der Waals surface area contributed by atoms with Gasteiger partial charge in [-0.3, -0.25) is 9.59 Å². The third-order valence-corrected chi connectivity index (χ3v) is 4.02. The molecule has 1 aliphatic heterocycles. The Hall–Kier alpha value is -2.77. The summed E-state index contributed by atoms with van der Waals surface area (Å²) in [6.45, 7) is 3.93. The van der Waals surface area contributed by atoms with Crippen LogP contribution < -0.4 is 14.8 Å². The standard InChI is InChI=1S/C18H24N2O6/c1-11(2)19-16(21)10-26-14-7-6-12(9-15(14)25-3)17(22)20-8-4-5-13(20)18(23)24/h6-7,9,11,13H,4-5,8,10H2,1-3H3,(H,19,21)(H,23,24). The summed E-state index contributed by atoms with van der Waals surface area (Å²) < 4.78 is 10.7. The first-order chi connectivity index (χ1) is 12.3. The molecule has 0 radical (unpaired) electrons. The van der Waals surface area contributed by atoms with Gasteiger partial charge in [-0.05, 0) is 44.9 Å². The molecule has 8 nitrogen and oxygen atoms in total. The van der Waals surface area contributed by atoms with Gasteiger partial charge in [0.2, 0.25) is 0 Å². The molecule has 2 N–H and O–H groups in total. The number of likely N-dealkylation sites (tertiary alicyclic amines) is 1. The molecule has 0 aliphatic carbocycles. The molecule has 2 rings (SSSR count). The summed E-state index contributed by atoms with van der Waals surface area (Å²) in [6.07, 6.45) is 1.11. The number of carbonyl (C=O) groups is 3. The fourth-order valence-corrected chi connectivity index (χ4v) is 2.86. The number of methoxy groups -OCH3 is 1. The molecule has 0 bridgehead atoms. The van der Waals surface area contributed by atoms with E-state index in [2.05, 4.69) is 5.32 Å². The van der Waals surface area contributed by atoms with Gasteiger partial charge in [0.1, 0.15) is 6.04 Å². The molecule has 1 aromatic rings. The number of ether oxygens (including phenoxy) is 2. The minimum atomic E-state index is -1.00. The van der Waals surface area contributed by atoms with Gasteiger partial charge in [-0.1, -0.05) is 0 Å². The maximum atomic E-state index is 12.6. The third kappa shape index (κ3) is 4.65. The van der Waals surface area contributed by atoms with Crippen LogP contribution in [0.5, 0.6) is 11.5 Å². The zero-order valence-electron chi connectivity index (χ0n) is 15.2. The zero-order chi connectivity index (χ0) is 19.3. The largest absolute Gasteiger partial charge is 0.493 e. The maximum Gasteiger partial charge on any atom is 0.326 e. The molecule has 26 heavy (non-hydrogen) atoms. The summed E-state index contributed by atoms with van der Waals surface area (Å²) in [7, 11) is 1.43. The van der Waals surface area contributed by atoms with Gasteiger partial charge in [0, 0.05) is 18.2 Å². The van der Waals surface area contributed by atoms with Gasteiger partial charge in [-0.15, -0.1) is 0 Å². The quantitative estimate of drug-likeness (QED) is 0.755. The van der Waals surface area contributed by atoms with Gasteiger partial charge in [0.25, 0.3) is 11.8 Å². The SMILES string of the molecule is COc1cc(C(=O)N2CCCC2C(=O)O)ccc1OCC(=O)NC(C)C. The molecule has 1 fully saturated rings. The minimum Gasteiger partial charge on any atom is -0.493 e. The van der Waals surface area contributed by atoms with E-state index in [1.807, 2.05) is 13.8 Å². The van der Waals surface area contributed by atoms with Gasteiger partial charge in [-0.25, -0.2) is 4.79 Å². The van der Waals surface area contributed by atoms with E-state index in [9.17, 15) is 19.5 Å². The van der Waals surface area contributed by atoms with Crippen LogP contribution in [0.15, 0.2) is 18.2 Å². The normalized spacial score (nSPS) is 16.5. The van der Waals surface area contributed by atoms with Crippen molar-refractivity contribution in [3.05, 3.63) is 23.8 Å². The van der Waals surface area contributed by atoms with E-state index in [1.54, 1.807) is 6.07 Å². The van der Waals surface area contributed by atoms with Crippen molar-refractivity contribution in [2.75, 3.05) is 20.3 Å². The Bertz CT molecular complexity index is 688. The fraction of sp³-hybridized carbons (Fsp3) is 0.500. The average molecular weight is 364 g/mol. The number of hydrogen-bond donors (Lipinski definition) is 2. The van der Waals surface area contributed by atoms with Crippen molar-refractivity contribution < 1.29 is 29.0 Å². The number of carbonyl (C=O) groups excluding carboxylic acids is 2. The van der Waals surface area contributed by atoms with E-state index >= 15 is 0 Å². The summed E-state index contributed by atoms with van der Waals surface area (Å²) in [5, 5.41) is 11.9. The summed E-state index contributed by atoms with van der Waals surface area (Å²) in [5.74, 6) is -0.988. The van der Waals surface area contributed by atoms with E-state index < -0.39 is 12.0 Å². The second kappa shape index (κ2) is 8.55. The Morgan fingerprint density at radius 3 is 2.65 bits per heavy atom. The molecule has 1 aromatic carbocycles. The highest BCUT2D eigenvalue weighted by atomic mass is 16.5. The average Bonchev–Trinajstić information content (AvgIpc) is 3.08. The van der Waals surface area contributed by atoms with Crippen molar-refractivity contribution in [3.8, 4) is 11.5 Å². The van der Waals surface area contributed by atoms with Crippen LogP contribution in [0.1, 0.15) is 37.0 Å². The fourth-order valence-electron chi connectivity index (χ4n) is 2.86. The summed E-state index contributed by atoms with van der Waals surface area (Å²) in [6, 6.07) is 3.79. The highest BCUT2D eigenvalue weighted by Gasteiger charge is 2.34. The minimum absolute atomic E-state index is 0.00985. The van der Waals surface area contributed by atoms with Crippen LogP contribution >= 0.6 is 0 Å². The Morgan fingerprint density at radius 2 is 2.04 bits per heavy atom. The number of rotatable bonds is 7. The molecule has 0 saturated carbocycles. The molecular formula is C18H24N2O6. The first-order valence-electron chi connectivity index (χ1n) is 8.47. The smallest absolute Gasteiger partial charge is 0.326 e. The number of nitrogens with zero attached hydrogens (tertiary/aromatic N) is 1. The first-order valence-corrected chi connectivity index (χ1v) is 8.47. The summed E-state index contributed by atoms with van der Waals surface area (Å²) >= 11 is 0. The lowest BCUT2D eigenvalue weighted by atomic mass is 10.1. The van der Waals surface area contributed by atoms with Crippen LogP contribution in [0.25, 0.3) is 0 Å². The van der Waals surface area contributed by atoms with Crippen LogP contribution in [-0.2, 0) is 9.59 Å². The van der Waals surface area contributed by atoms with Crippen LogP contribution in [0, 0.1) is 0 Å². The number of aliphatic carboxylic acids is 1. The Labute approximate surface area is 152 Å². The maximum absolute atomic E-state index is 12.6. The lowest BCUT2D eigenvalue weighted by Gasteiger charge is -2.22. The van der Waals surface area contributed by atoms with E-state index in [0.29, 0.717) is 36.4 Å². The van der Waals surface area contributed by atoms with Crippen LogP contribution in [0.3, 0.4) is 0 Å². The van der Waals surface area contributed by atoms with Crippen molar-refractivity contribution in [2.45, 2.75) is 38.8 Å². The van der Waals surface area contributed by atoms with E-state index in [1.165, 1.54) is 24.1 Å². The Kier molecular flexibility index (Phi) is 6.43. The Balaban J connectivity index is 2.11. The van der Waals surface area contributed by atoms with E-state index in [0.717, 1.165) is 0 Å². The predicted molar refractivity (Wildman–Crippen MR) is 93.5 cm³/mol. The molecule has 1 saturated heterocycles. The summed E-state index contributed by atoms with van der Waals surface area (Å²) in [5.41, 5.74) is 0.314. The zero-order valence-corrected chi connectivity index (χ0v) is 15.2. The highest BCUT2D eigenvalue weighted by molar-refractivity contribution is 5.97. The second-order valence-corrected chi connectivity index (χ2v) is 6.37. The third-order valence-electron chi connectivity index (χ3n) is 4.02. The molecule has 1 unspecified atom stereocenters. The van der Waals surface area contributed by atoms with Gasteiger partial charge < -0.3 is 24.8 Å². The molecule has 8 heteroatoms. The van der Waals surface area contributed by atoms with Crippen molar-refractivity contribution in [1.29, 1.82) is 0 Å². The molecule has 1 atom stereocenters. The summed E-state index contributed by atoms with van der Waals surface area (Å²) in [4.78, 5) is 36.9. The molecular weight excluding hydrogens is 340 g/mol. The number of hydrogen-bond acceptors (Lipinski definition) is 5. The second-order valence-electron chi connectivity index (χ2n) is 6.37. The van der Waals surface area contributed by atoms with Gasteiger partial charge >= 0.3 is 5.97 Å². The van der Waals surface area contributed by atoms with Crippen LogP contribution in [0.4, 0.5) is 0 Å². The molecule has 0 spiro atoms. The van der Waals surface area contributed by atoms with Gasteiger partial charge in [0.05, 0.1) is 7.11 Å². The number of benzene rings is 1. The highest BCUT2D eigenvalue weighted by Crippen LogP contribution is 2.30. The van der Waals surface area contributed by atoms with E-state index in [-0.39, 0.29) is 24.5 Å². The number of nitrogens with one attached hydrogen (secondary N) is 1. The van der Waals surface area contributed by atoms with E-state index in [4.69, 9.17) is 9.47 Å². The van der Waals surface area contributed by atoms with Gasteiger partial charge in [-0.2, -0.15) is 0 Å². The topological polar surface area (TPSA) is 105 Å². The number of amides is 2. The number of carboxylic acids is 1. The van der Waals surface area contributed by atoms with Gasteiger partial charge in [0.15, 0.2) is 18.1 Å². The van der Waals surface area contributed by atoms with Crippen molar-refractivity contribution in [3.63, 3.8) is 0 Å². The predicted octanol–water partition coefficient (Wildman–Crippen LogP) is 1.29. The lowest BCUT2D eigenvalue weighted by molar-refractivity contribution is -0.141. The monoisotopic (exact) mass is 364 g/mol. The van der Waals surface area contributed by atoms with Crippen molar-refractivity contribution in [2.24, 2.45) is 0 Å². The molecule has 2 amide bonds. The Morgan fingerprint density at radius 1 is 1.31 bits per heavy atom. The van der Waals surface area contributed by atoms with Crippen molar-refractivity contribution in [1.82, 2.24) is 10.2 Å². The van der Waals surface area contributed by atoms with Crippen LogP contribution in [-0.4, -0.2) is 60.1 Å².